The molecule has 2 rings (SSSR count). The van der Waals surface area contributed by atoms with E-state index >= 15 is 0 Å². The third-order valence-electron chi connectivity index (χ3n) is 4.36. The molecule has 2 aliphatic rings. The van der Waals surface area contributed by atoms with Gasteiger partial charge in [0.2, 0.25) is 5.91 Å². The Morgan fingerprint density at radius 2 is 1.95 bits per heavy atom. The van der Waals surface area contributed by atoms with Gasteiger partial charge in [-0.3, -0.25) is 4.79 Å². The zero-order valence-electron chi connectivity index (χ0n) is 10.9. The van der Waals surface area contributed by atoms with Crippen molar-refractivity contribution in [2.75, 3.05) is 0 Å². The molecule has 19 heavy (non-hydrogen) atoms. The molecule has 1 amide bonds. The molecule has 2 atom stereocenters. The Hall–Kier alpha value is -0.780. The van der Waals surface area contributed by atoms with E-state index in [1.807, 2.05) is 0 Å². The SMILES string of the molecule is NC1(CC(=O)NC2CCCC(C(F)(F)F)C2)CCC1. The Morgan fingerprint density at radius 1 is 1.26 bits per heavy atom. The Balaban J connectivity index is 1.80. The first-order chi connectivity index (χ1) is 8.78. The molecule has 0 aromatic rings. The van der Waals surface area contributed by atoms with Crippen LogP contribution in [0.4, 0.5) is 13.2 Å². The third kappa shape index (κ3) is 3.84. The van der Waals surface area contributed by atoms with Gasteiger partial charge in [-0.05, 0) is 38.5 Å². The first-order valence-electron chi connectivity index (χ1n) is 6.93. The molecule has 3 nitrogen and oxygen atoms in total. The molecule has 2 unspecified atom stereocenters. The first-order valence-corrected chi connectivity index (χ1v) is 6.93. The van der Waals surface area contributed by atoms with Crippen LogP contribution in [0.1, 0.15) is 51.4 Å². The highest BCUT2D eigenvalue weighted by atomic mass is 19.4. The van der Waals surface area contributed by atoms with E-state index in [0.29, 0.717) is 12.8 Å². The number of hydrogen-bond donors (Lipinski definition) is 2. The average Bonchev–Trinajstić information content (AvgIpc) is 2.26. The van der Waals surface area contributed by atoms with Crippen LogP contribution in [0.2, 0.25) is 0 Å². The lowest BCUT2D eigenvalue weighted by molar-refractivity contribution is -0.184. The van der Waals surface area contributed by atoms with E-state index in [1.54, 1.807) is 0 Å². The van der Waals surface area contributed by atoms with Crippen LogP contribution < -0.4 is 11.1 Å². The minimum atomic E-state index is -4.15. The quantitative estimate of drug-likeness (QED) is 0.833. The molecule has 0 radical (unpaired) electrons. The number of hydrogen-bond acceptors (Lipinski definition) is 2. The maximum Gasteiger partial charge on any atom is 0.391 e. The van der Waals surface area contributed by atoms with Gasteiger partial charge < -0.3 is 11.1 Å². The standard InChI is InChI=1S/C13H21F3N2O/c14-13(15,16)9-3-1-4-10(7-9)18-11(19)8-12(17)5-2-6-12/h9-10H,1-8,17H2,(H,18,19). The molecule has 0 aromatic heterocycles. The Bertz CT molecular complexity index is 339. The van der Waals surface area contributed by atoms with Crippen LogP contribution in [0.3, 0.4) is 0 Å². The fourth-order valence-electron chi connectivity index (χ4n) is 3.02. The second-order valence-electron chi connectivity index (χ2n) is 6.06. The van der Waals surface area contributed by atoms with Crippen LogP contribution in [0.15, 0.2) is 0 Å². The summed E-state index contributed by atoms with van der Waals surface area (Å²) in [4.78, 5) is 11.8. The van der Waals surface area contributed by atoms with Crippen molar-refractivity contribution in [3.05, 3.63) is 0 Å². The van der Waals surface area contributed by atoms with Crippen molar-refractivity contribution in [1.82, 2.24) is 5.32 Å². The number of nitrogens with two attached hydrogens (primary N) is 1. The molecule has 0 saturated heterocycles. The van der Waals surface area contributed by atoms with Crippen molar-refractivity contribution in [2.45, 2.75) is 69.1 Å². The van der Waals surface area contributed by atoms with Crippen molar-refractivity contribution in [1.29, 1.82) is 0 Å². The summed E-state index contributed by atoms with van der Waals surface area (Å²) in [5.41, 5.74) is 5.55. The van der Waals surface area contributed by atoms with E-state index in [4.69, 9.17) is 5.73 Å². The zero-order valence-corrected chi connectivity index (χ0v) is 10.9. The van der Waals surface area contributed by atoms with Crippen molar-refractivity contribution >= 4 is 5.91 Å². The highest BCUT2D eigenvalue weighted by Gasteiger charge is 2.42. The van der Waals surface area contributed by atoms with Crippen molar-refractivity contribution in [3.63, 3.8) is 0 Å². The minimum absolute atomic E-state index is 0.00676. The summed E-state index contributed by atoms with van der Waals surface area (Å²) in [6.45, 7) is 0. The van der Waals surface area contributed by atoms with Crippen LogP contribution in [0.5, 0.6) is 0 Å². The second kappa shape index (κ2) is 5.31. The highest BCUT2D eigenvalue weighted by molar-refractivity contribution is 5.77. The number of rotatable bonds is 3. The van der Waals surface area contributed by atoms with Gasteiger partial charge >= 0.3 is 6.18 Å². The number of amides is 1. The van der Waals surface area contributed by atoms with Gasteiger partial charge in [-0.15, -0.1) is 0 Å². The van der Waals surface area contributed by atoms with E-state index in [2.05, 4.69) is 5.32 Å². The van der Waals surface area contributed by atoms with E-state index in [0.717, 1.165) is 19.3 Å². The summed E-state index contributed by atoms with van der Waals surface area (Å²) in [5, 5.41) is 2.73. The summed E-state index contributed by atoms with van der Waals surface area (Å²) in [7, 11) is 0. The van der Waals surface area contributed by atoms with Crippen LogP contribution in [0, 0.1) is 5.92 Å². The maximum absolute atomic E-state index is 12.7. The van der Waals surface area contributed by atoms with Crippen molar-refractivity contribution in [3.8, 4) is 0 Å². The van der Waals surface area contributed by atoms with Crippen LogP contribution >= 0.6 is 0 Å². The van der Waals surface area contributed by atoms with Gasteiger partial charge in [0.1, 0.15) is 0 Å². The Labute approximate surface area is 111 Å². The molecule has 0 spiro atoms. The molecular weight excluding hydrogens is 257 g/mol. The van der Waals surface area contributed by atoms with Gasteiger partial charge in [0.15, 0.2) is 0 Å². The van der Waals surface area contributed by atoms with E-state index < -0.39 is 17.6 Å². The molecule has 2 fully saturated rings. The van der Waals surface area contributed by atoms with E-state index in [1.165, 1.54) is 0 Å². The number of carbonyl (C=O) groups excluding carboxylic acids is 1. The van der Waals surface area contributed by atoms with E-state index in [9.17, 15) is 18.0 Å². The highest BCUT2D eigenvalue weighted by Crippen LogP contribution is 2.38. The maximum atomic E-state index is 12.7. The van der Waals surface area contributed by atoms with Gasteiger partial charge in [-0.1, -0.05) is 6.42 Å². The van der Waals surface area contributed by atoms with Crippen LogP contribution in [0.25, 0.3) is 0 Å². The van der Waals surface area contributed by atoms with Crippen molar-refractivity contribution in [2.24, 2.45) is 11.7 Å². The van der Waals surface area contributed by atoms with Gasteiger partial charge in [-0.25, -0.2) is 0 Å². The third-order valence-corrected chi connectivity index (χ3v) is 4.36. The molecule has 2 saturated carbocycles. The summed E-state index contributed by atoms with van der Waals surface area (Å²) >= 11 is 0. The molecule has 0 heterocycles. The van der Waals surface area contributed by atoms with E-state index in [-0.39, 0.29) is 31.2 Å². The summed E-state index contributed by atoms with van der Waals surface area (Å²) in [6.07, 6.45) is 0.116. The summed E-state index contributed by atoms with van der Waals surface area (Å²) in [5.74, 6) is -1.47. The number of nitrogens with one attached hydrogen (secondary N) is 1. The normalized spacial score (nSPS) is 30.5. The number of alkyl halides is 3. The Morgan fingerprint density at radius 3 is 2.47 bits per heavy atom. The minimum Gasteiger partial charge on any atom is -0.353 e. The van der Waals surface area contributed by atoms with Gasteiger partial charge in [-0.2, -0.15) is 13.2 Å². The fourth-order valence-corrected chi connectivity index (χ4v) is 3.02. The smallest absolute Gasteiger partial charge is 0.353 e. The lowest BCUT2D eigenvalue weighted by Crippen LogP contribution is -2.51. The monoisotopic (exact) mass is 278 g/mol. The molecule has 6 heteroatoms. The van der Waals surface area contributed by atoms with Gasteiger partial charge in [0.25, 0.3) is 0 Å². The largest absolute Gasteiger partial charge is 0.391 e. The van der Waals surface area contributed by atoms with Crippen LogP contribution in [-0.4, -0.2) is 23.7 Å². The van der Waals surface area contributed by atoms with Gasteiger partial charge in [0.05, 0.1) is 5.92 Å². The molecule has 0 bridgehead atoms. The molecule has 2 aliphatic carbocycles. The lowest BCUT2D eigenvalue weighted by atomic mass is 9.75. The van der Waals surface area contributed by atoms with Crippen LogP contribution in [-0.2, 0) is 4.79 Å². The van der Waals surface area contributed by atoms with Crippen molar-refractivity contribution < 1.29 is 18.0 Å². The lowest BCUT2D eigenvalue weighted by Gasteiger charge is -2.38. The predicted molar refractivity (Wildman–Crippen MR) is 65.3 cm³/mol. The molecule has 3 N–H and O–H groups in total. The summed E-state index contributed by atoms with van der Waals surface area (Å²) < 4.78 is 38.0. The summed E-state index contributed by atoms with van der Waals surface area (Å²) in [6, 6.07) is -0.350. The topological polar surface area (TPSA) is 55.1 Å². The molecule has 0 aliphatic heterocycles. The molecule has 0 aromatic carbocycles. The van der Waals surface area contributed by atoms with Gasteiger partial charge in [0, 0.05) is 18.0 Å². The fraction of sp³-hybridized carbons (Fsp3) is 0.923. The number of carbonyl (C=O) groups is 1. The predicted octanol–water partition coefficient (Wildman–Crippen LogP) is 2.50. The number of halogens is 3. The average molecular weight is 278 g/mol. The Kier molecular flexibility index (Phi) is 4.08. The second-order valence-corrected chi connectivity index (χ2v) is 6.06. The molecule has 110 valence electrons. The first kappa shape index (κ1) is 14.6. The zero-order chi connectivity index (χ0) is 14.1. The molecular formula is C13H21F3N2O.